The van der Waals surface area contributed by atoms with Gasteiger partial charge in [-0.3, -0.25) is 0 Å². The number of rotatable bonds is 1. The summed E-state index contributed by atoms with van der Waals surface area (Å²) in [5, 5.41) is 0.432. The lowest BCUT2D eigenvalue weighted by molar-refractivity contribution is 0.103. The van der Waals surface area contributed by atoms with E-state index >= 15 is 0 Å². The van der Waals surface area contributed by atoms with Gasteiger partial charge in [0.1, 0.15) is 10.8 Å². The third kappa shape index (κ3) is 2.62. The highest BCUT2D eigenvalue weighted by molar-refractivity contribution is 9.09. The summed E-state index contributed by atoms with van der Waals surface area (Å²) in [5.74, 6) is -0.460. The van der Waals surface area contributed by atoms with Crippen LogP contribution in [0.4, 0.5) is 10.1 Å². The smallest absolute Gasteiger partial charge is 0.143 e. The van der Waals surface area contributed by atoms with Crippen molar-refractivity contribution in [2.24, 2.45) is 0 Å². The van der Waals surface area contributed by atoms with Crippen molar-refractivity contribution in [2.45, 2.75) is 5.01 Å². The van der Waals surface area contributed by atoms with Crippen LogP contribution in [0.1, 0.15) is 0 Å². The number of hydrogen-bond donors (Lipinski definition) is 0. The molecule has 1 saturated heterocycles. The summed E-state index contributed by atoms with van der Waals surface area (Å²) in [5.41, 5.74) is 0.649. The van der Waals surface area contributed by atoms with Gasteiger partial charge in [0.2, 0.25) is 0 Å². The van der Waals surface area contributed by atoms with Gasteiger partial charge in [0.05, 0.1) is 28.9 Å². The van der Waals surface area contributed by atoms with Crippen molar-refractivity contribution in [3.63, 3.8) is 0 Å². The Morgan fingerprint density at radius 1 is 1.38 bits per heavy atom. The minimum Gasteiger partial charge on any atom is -0.364 e. The molecule has 1 atom stereocenters. The topological polar surface area (TPSA) is 12.5 Å². The Morgan fingerprint density at radius 3 is 2.81 bits per heavy atom. The average Bonchev–Trinajstić information content (AvgIpc) is 2.23. The Hall–Kier alpha value is -0.0300. The third-order valence-electron chi connectivity index (χ3n) is 2.35. The molecule has 1 fully saturated rings. The molecule has 0 N–H and O–H groups in total. The van der Waals surface area contributed by atoms with Gasteiger partial charge in [0.25, 0.3) is 0 Å². The molecule has 1 aromatic carbocycles. The fourth-order valence-electron chi connectivity index (χ4n) is 1.58. The van der Waals surface area contributed by atoms with Crippen LogP contribution in [-0.4, -0.2) is 24.7 Å². The number of nitrogens with zero attached hydrogens (tertiary/aromatic N) is 1. The fourth-order valence-corrected chi connectivity index (χ4v) is 2.62. The number of anilines is 1. The van der Waals surface area contributed by atoms with Gasteiger partial charge in [0, 0.05) is 12.6 Å². The van der Waals surface area contributed by atoms with E-state index < -0.39 is 5.82 Å². The number of benzene rings is 1. The van der Waals surface area contributed by atoms with Crippen molar-refractivity contribution in [2.75, 3.05) is 24.6 Å². The van der Waals surface area contributed by atoms with E-state index in [9.17, 15) is 4.39 Å². The number of ether oxygens (including phenoxy) is 1. The summed E-state index contributed by atoms with van der Waals surface area (Å²) < 4.78 is 18.7. The molecule has 88 valence electrons. The maximum atomic E-state index is 13.4. The molecule has 0 radical (unpaired) electrons. The molecule has 1 aromatic rings. The Bertz CT molecular complexity index is 405. The zero-order valence-electron chi connectivity index (χ0n) is 8.22. The zero-order chi connectivity index (χ0) is 11.7. The van der Waals surface area contributed by atoms with E-state index in [1.807, 2.05) is 4.90 Å². The minimum absolute atomic E-state index is 0.0393. The maximum absolute atomic E-state index is 13.4. The van der Waals surface area contributed by atoms with Crippen LogP contribution in [-0.2, 0) is 4.74 Å². The highest BCUT2D eigenvalue weighted by Crippen LogP contribution is 2.32. The molecule has 0 spiro atoms. The van der Waals surface area contributed by atoms with Crippen LogP contribution >= 0.6 is 39.1 Å². The molecule has 1 heterocycles. The van der Waals surface area contributed by atoms with Crippen molar-refractivity contribution in [1.82, 2.24) is 0 Å². The summed E-state index contributed by atoms with van der Waals surface area (Å²) in [7, 11) is 0. The molecule has 1 aliphatic heterocycles. The summed E-state index contributed by atoms with van der Waals surface area (Å²) in [6.45, 7) is 1.89. The number of hydrogen-bond acceptors (Lipinski definition) is 2. The standard InChI is InChI=1S/C10H9BrCl2FNO/c11-10-5-15(1-2-16-10)9-4-8(14)6(12)3-7(9)13/h3-4,10H,1-2,5H2. The summed E-state index contributed by atoms with van der Waals surface area (Å²) in [6.07, 6.45) is 0. The molecular weight excluding hydrogens is 320 g/mol. The average molecular weight is 329 g/mol. The number of alkyl halides is 1. The van der Waals surface area contributed by atoms with Crippen LogP contribution in [0, 0.1) is 5.82 Å². The van der Waals surface area contributed by atoms with E-state index in [-0.39, 0.29) is 10.0 Å². The highest BCUT2D eigenvalue weighted by Gasteiger charge is 2.21. The molecule has 6 heteroatoms. The Labute approximate surface area is 111 Å². The van der Waals surface area contributed by atoms with Crippen LogP contribution in [0.3, 0.4) is 0 Å². The molecule has 0 bridgehead atoms. The fraction of sp³-hybridized carbons (Fsp3) is 0.400. The van der Waals surface area contributed by atoms with Crippen LogP contribution in [0.25, 0.3) is 0 Å². The van der Waals surface area contributed by atoms with Gasteiger partial charge in [-0.2, -0.15) is 0 Å². The van der Waals surface area contributed by atoms with Gasteiger partial charge in [-0.1, -0.05) is 39.1 Å². The number of morpholine rings is 1. The molecular formula is C10H9BrCl2FNO. The summed E-state index contributed by atoms with van der Waals surface area (Å²) in [6, 6.07) is 2.78. The van der Waals surface area contributed by atoms with Gasteiger partial charge in [-0.25, -0.2) is 4.39 Å². The first-order valence-corrected chi connectivity index (χ1v) is 6.40. The second-order valence-corrected chi connectivity index (χ2v) is 5.28. The Kier molecular flexibility index (Phi) is 3.95. The molecule has 16 heavy (non-hydrogen) atoms. The Balaban J connectivity index is 2.29. The molecule has 2 rings (SSSR count). The lowest BCUT2D eigenvalue weighted by Crippen LogP contribution is -2.40. The van der Waals surface area contributed by atoms with Crippen LogP contribution in [0.15, 0.2) is 12.1 Å². The largest absolute Gasteiger partial charge is 0.364 e. The van der Waals surface area contributed by atoms with E-state index in [1.54, 1.807) is 0 Å². The summed E-state index contributed by atoms with van der Waals surface area (Å²) >= 11 is 15.0. The summed E-state index contributed by atoms with van der Waals surface area (Å²) in [4.78, 5) is 1.96. The normalized spacial score (nSPS) is 21.2. The zero-order valence-corrected chi connectivity index (χ0v) is 11.3. The van der Waals surface area contributed by atoms with Gasteiger partial charge < -0.3 is 9.64 Å². The monoisotopic (exact) mass is 327 g/mol. The maximum Gasteiger partial charge on any atom is 0.143 e. The predicted molar refractivity (Wildman–Crippen MR) is 67.3 cm³/mol. The van der Waals surface area contributed by atoms with Gasteiger partial charge in [-0.05, 0) is 6.07 Å². The van der Waals surface area contributed by atoms with E-state index in [0.29, 0.717) is 30.4 Å². The quantitative estimate of drug-likeness (QED) is 0.576. The lowest BCUT2D eigenvalue weighted by Gasteiger charge is -2.32. The van der Waals surface area contributed by atoms with Crippen LogP contribution in [0.5, 0.6) is 0 Å². The van der Waals surface area contributed by atoms with Crippen LogP contribution in [0.2, 0.25) is 10.0 Å². The van der Waals surface area contributed by atoms with Crippen molar-refractivity contribution in [1.29, 1.82) is 0 Å². The highest BCUT2D eigenvalue weighted by atomic mass is 79.9. The lowest BCUT2D eigenvalue weighted by atomic mass is 10.2. The van der Waals surface area contributed by atoms with E-state index in [0.717, 1.165) is 0 Å². The van der Waals surface area contributed by atoms with Crippen molar-refractivity contribution in [3.05, 3.63) is 28.0 Å². The first-order chi connectivity index (χ1) is 7.58. The van der Waals surface area contributed by atoms with Crippen molar-refractivity contribution >= 4 is 44.8 Å². The van der Waals surface area contributed by atoms with Crippen LogP contribution < -0.4 is 4.90 Å². The SMILES string of the molecule is Fc1cc(N2CCOC(Br)C2)c(Cl)cc1Cl. The predicted octanol–water partition coefficient (Wildman–Crippen LogP) is 3.69. The first kappa shape index (κ1) is 12.4. The molecule has 1 aliphatic rings. The molecule has 0 saturated carbocycles. The molecule has 1 unspecified atom stereocenters. The van der Waals surface area contributed by atoms with E-state index in [1.165, 1.54) is 12.1 Å². The van der Waals surface area contributed by atoms with E-state index in [2.05, 4.69) is 15.9 Å². The molecule has 2 nitrogen and oxygen atoms in total. The second-order valence-electron chi connectivity index (χ2n) is 3.44. The van der Waals surface area contributed by atoms with Crippen molar-refractivity contribution in [3.8, 4) is 0 Å². The van der Waals surface area contributed by atoms with E-state index in [4.69, 9.17) is 27.9 Å². The third-order valence-corrected chi connectivity index (χ3v) is 3.50. The van der Waals surface area contributed by atoms with Gasteiger partial charge in [-0.15, -0.1) is 0 Å². The van der Waals surface area contributed by atoms with Gasteiger partial charge >= 0.3 is 0 Å². The Morgan fingerprint density at radius 2 is 2.12 bits per heavy atom. The molecule has 0 aromatic heterocycles. The van der Waals surface area contributed by atoms with Gasteiger partial charge in [0.15, 0.2) is 0 Å². The molecule has 0 amide bonds. The minimum atomic E-state index is -0.460. The van der Waals surface area contributed by atoms with Crippen molar-refractivity contribution < 1.29 is 9.13 Å². The number of halogens is 4. The second kappa shape index (κ2) is 5.08. The molecule has 0 aliphatic carbocycles. The first-order valence-electron chi connectivity index (χ1n) is 4.73.